The van der Waals surface area contributed by atoms with Gasteiger partial charge in [0.05, 0.1) is 18.4 Å². The number of hydrogen-bond acceptors (Lipinski definition) is 5. The maximum atomic E-state index is 11.7. The lowest BCUT2D eigenvalue weighted by Gasteiger charge is -2.35. The molecule has 0 bridgehead atoms. The molecule has 0 N–H and O–H groups in total. The van der Waals surface area contributed by atoms with Crippen molar-refractivity contribution in [2.45, 2.75) is 19.9 Å². The first kappa shape index (κ1) is 14.8. The number of rotatable bonds is 4. The average molecular weight is 302 g/mol. The lowest BCUT2D eigenvalue weighted by Crippen LogP contribution is -2.46. The van der Waals surface area contributed by atoms with Gasteiger partial charge in [-0.15, -0.1) is 0 Å². The highest BCUT2D eigenvalue weighted by Gasteiger charge is 2.19. The number of aromatic nitrogens is 2. The van der Waals surface area contributed by atoms with Crippen LogP contribution in [0.15, 0.2) is 33.6 Å². The molecule has 6 nitrogen and oxygen atoms in total. The van der Waals surface area contributed by atoms with Gasteiger partial charge in [0, 0.05) is 45.7 Å². The Bertz CT molecular complexity index is 683. The number of anilines is 1. The second kappa shape index (κ2) is 6.36. The molecule has 0 aromatic carbocycles. The molecule has 2 aromatic heterocycles. The lowest BCUT2D eigenvalue weighted by molar-refractivity contribution is 0.228. The van der Waals surface area contributed by atoms with E-state index in [1.165, 1.54) is 4.68 Å². The monoisotopic (exact) mass is 302 g/mol. The largest absolute Gasteiger partial charge is 0.465 e. The molecular formula is C16H22N4O2. The second-order valence-corrected chi connectivity index (χ2v) is 5.66. The van der Waals surface area contributed by atoms with Gasteiger partial charge in [-0.1, -0.05) is 6.92 Å². The van der Waals surface area contributed by atoms with E-state index in [0.29, 0.717) is 0 Å². The Hall–Kier alpha value is -2.08. The van der Waals surface area contributed by atoms with E-state index in [9.17, 15) is 4.79 Å². The van der Waals surface area contributed by atoms with Gasteiger partial charge in [0.15, 0.2) is 0 Å². The summed E-state index contributed by atoms with van der Waals surface area (Å²) in [5.41, 5.74) is 0.844. The van der Waals surface area contributed by atoms with E-state index in [1.54, 1.807) is 19.3 Å². The molecule has 0 aliphatic carbocycles. The molecule has 0 radical (unpaired) electrons. The minimum atomic E-state index is -0.0670. The van der Waals surface area contributed by atoms with E-state index in [0.717, 1.165) is 56.4 Å². The molecule has 3 heterocycles. The molecule has 0 amide bonds. The average Bonchev–Trinajstić information content (AvgIpc) is 2.98. The molecule has 1 saturated heterocycles. The molecule has 0 spiro atoms. The van der Waals surface area contributed by atoms with E-state index >= 15 is 0 Å². The zero-order valence-electron chi connectivity index (χ0n) is 13.2. The predicted molar refractivity (Wildman–Crippen MR) is 85.1 cm³/mol. The summed E-state index contributed by atoms with van der Waals surface area (Å²) in [4.78, 5) is 16.3. The highest BCUT2D eigenvalue weighted by atomic mass is 16.3. The fourth-order valence-corrected chi connectivity index (χ4v) is 2.71. The number of nitrogens with zero attached hydrogens (tertiary/aromatic N) is 4. The van der Waals surface area contributed by atoms with Gasteiger partial charge in [-0.3, -0.25) is 9.69 Å². The third-order valence-electron chi connectivity index (χ3n) is 4.14. The van der Waals surface area contributed by atoms with Crippen molar-refractivity contribution in [2.24, 2.45) is 7.05 Å². The van der Waals surface area contributed by atoms with Crippen molar-refractivity contribution in [2.75, 3.05) is 31.1 Å². The second-order valence-electron chi connectivity index (χ2n) is 5.66. The lowest BCUT2D eigenvalue weighted by atomic mass is 10.2. The van der Waals surface area contributed by atoms with Gasteiger partial charge in [-0.05, 0) is 12.1 Å². The molecule has 1 aliphatic heterocycles. The van der Waals surface area contributed by atoms with Gasteiger partial charge in [0.2, 0.25) is 0 Å². The molecular weight excluding hydrogens is 280 g/mol. The molecule has 0 unspecified atom stereocenters. The highest BCUT2D eigenvalue weighted by molar-refractivity contribution is 5.43. The first-order valence-corrected chi connectivity index (χ1v) is 7.74. The Morgan fingerprint density at radius 2 is 1.91 bits per heavy atom. The summed E-state index contributed by atoms with van der Waals surface area (Å²) >= 11 is 0. The standard InChI is InChI=1S/C16H22N4O2/c1-3-14-4-5-15(22-14)12-19-6-8-20(9-7-19)13-10-16(21)18(2)17-11-13/h4-5,10-11H,3,6-9,12H2,1-2H3. The highest BCUT2D eigenvalue weighted by Crippen LogP contribution is 2.16. The fraction of sp³-hybridized carbons (Fsp3) is 0.500. The van der Waals surface area contributed by atoms with Gasteiger partial charge in [0.25, 0.3) is 5.56 Å². The molecule has 3 rings (SSSR count). The molecule has 22 heavy (non-hydrogen) atoms. The zero-order valence-corrected chi connectivity index (χ0v) is 13.2. The summed E-state index contributed by atoms with van der Waals surface area (Å²) in [5.74, 6) is 2.07. The van der Waals surface area contributed by atoms with Crippen LogP contribution in [0, 0.1) is 0 Å². The van der Waals surface area contributed by atoms with Crippen LogP contribution in [0.1, 0.15) is 18.4 Å². The Morgan fingerprint density at radius 1 is 1.18 bits per heavy atom. The maximum Gasteiger partial charge on any atom is 0.268 e. The molecule has 0 atom stereocenters. The first-order chi connectivity index (χ1) is 10.7. The van der Waals surface area contributed by atoms with E-state index in [4.69, 9.17) is 4.42 Å². The van der Waals surface area contributed by atoms with Crippen molar-refractivity contribution >= 4 is 5.69 Å². The van der Waals surface area contributed by atoms with Gasteiger partial charge in [-0.2, -0.15) is 5.10 Å². The van der Waals surface area contributed by atoms with E-state index in [1.807, 2.05) is 0 Å². The van der Waals surface area contributed by atoms with Crippen molar-refractivity contribution in [3.63, 3.8) is 0 Å². The zero-order chi connectivity index (χ0) is 15.5. The van der Waals surface area contributed by atoms with Gasteiger partial charge in [-0.25, -0.2) is 4.68 Å². The summed E-state index contributed by atoms with van der Waals surface area (Å²) in [5, 5.41) is 4.09. The maximum absolute atomic E-state index is 11.7. The quantitative estimate of drug-likeness (QED) is 0.851. The van der Waals surface area contributed by atoms with Crippen molar-refractivity contribution < 1.29 is 4.42 Å². The summed E-state index contributed by atoms with van der Waals surface area (Å²) in [6.45, 7) is 6.66. The van der Waals surface area contributed by atoms with Gasteiger partial charge < -0.3 is 9.32 Å². The molecule has 2 aromatic rings. The molecule has 6 heteroatoms. The number of aryl methyl sites for hydroxylation is 2. The number of piperazine rings is 1. The molecule has 118 valence electrons. The first-order valence-electron chi connectivity index (χ1n) is 7.74. The predicted octanol–water partition coefficient (Wildman–Crippen LogP) is 1.26. The normalized spacial score (nSPS) is 16.2. The summed E-state index contributed by atoms with van der Waals surface area (Å²) in [6, 6.07) is 5.77. The summed E-state index contributed by atoms with van der Waals surface area (Å²) in [7, 11) is 1.66. The SMILES string of the molecule is CCc1ccc(CN2CCN(c3cnn(C)c(=O)c3)CC2)o1. The van der Waals surface area contributed by atoms with E-state index in [2.05, 4.69) is 34.0 Å². The van der Waals surface area contributed by atoms with Crippen molar-refractivity contribution in [3.8, 4) is 0 Å². The van der Waals surface area contributed by atoms with E-state index in [-0.39, 0.29) is 5.56 Å². The van der Waals surface area contributed by atoms with Crippen LogP contribution in [-0.2, 0) is 20.0 Å². The molecule has 1 fully saturated rings. The van der Waals surface area contributed by atoms with Crippen LogP contribution in [0.2, 0.25) is 0 Å². The van der Waals surface area contributed by atoms with Crippen LogP contribution in [0.4, 0.5) is 5.69 Å². The van der Waals surface area contributed by atoms with Gasteiger partial charge in [0.1, 0.15) is 11.5 Å². The van der Waals surface area contributed by atoms with Crippen LogP contribution < -0.4 is 10.5 Å². The third kappa shape index (κ3) is 3.22. The van der Waals surface area contributed by atoms with Crippen LogP contribution in [0.5, 0.6) is 0 Å². The fourth-order valence-electron chi connectivity index (χ4n) is 2.71. The van der Waals surface area contributed by atoms with Crippen molar-refractivity contribution in [3.05, 3.63) is 46.3 Å². The van der Waals surface area contributed by atoms with Crippen LogP contribution in [0.25, 0.3) is 0 Å². The molecule has 1 aliphatic rings. The Morgan fingerprint density at radius 3 is 2.55 bits per heavy atom. The molecule has 0 saturated carbocycles. The van der Waals surface area contributed by atoms with Gasteiger partial charge >= 0.3 is 0 Å². The topological polar surface area (TPSA) is 54.5 Å². The third-order valence-corrected chi connectivity index (χ3v) is 4.14. The van der Waals surface area contributed by atoms with Crippen molar-refractivity contribution in [1.29, 1.82) is 0 Å². The Balaban J connectivity index is 1.57. The minimum Gasteiger partial charge on any atom is -0.465 e. The minimum absolute atomic E-state index is 0.0670. The smallest absolute Gasteiger partial charge is 0.268 e. The summed E-state index contributed by atoms with van der Waals surface area (Å²) in [6.07, 6.45) is 2.70. The van der Waals surface area contributed by atoms with Crippen molar-refractivity contribution in [1.82, 2.24) is 14.7 Å². The number of furan rings is 1. The Kier molecular flexibility index (Phi) is 4.29. The number of hydrogen-bond donors (Lipinski definition) is 0. The van der Waals surface area contributed by atoms with E-state index < -0.39 is 0 Å². The summed E-state index contributed by atoms with van der Waals surface area (Å²) < 4.78 is 7.12. The van der Waals surface area contributed by atoms with Crippen LogP contribution in [-0.4, -0.2) is 40.9 Å². The van der Waals surface area contributed by atoms with Crippen LogP contribution in [0.3, 0.4) is 0 Å². The van der Waals surface area contributed by atoms with Crippen LogP contribution >= 0.6 is 0 Å². The Labute approximate surface area is 129 Å².